The van der Waals surface area contributed by atoms with Gasteiger partial charge in [-0.25, -0.2) is 12.8 Å². The number of rotatable bonds is 6. The van der Waals surface area contributed by atoms with Crippen molar-refractivity contribution >= 4 is 37.2 Å². The van der Waals surface area contributed by atoms with E-state index < -0.39 is 30.7 Å². The van der Waals surface area contributed by atoms with E-state index in [4.69, 9.17) is 27.0 Å². The third-order valence-corrected chi connectivity index (χ3v) is 4.31. The van der Waals surface area contributed by atoms with Crippen LogP contribution in [0.2, 0.25) is 5.02 Å². The fraction of sp³-hybridized carbons (Fsp3) is 0.417. The minimum absolute atomic E-state index is 0.0301. The van der Waals surface area contributed by atoms with E-state index >= 15 is 0 Å². The van der Waals surface area contributed by atoms with Gasteiger partial charge < -0.3 is 10.1 Å². The average molecular weight is 358 g/mol. The number of benzene rings is 1. The van der Waals surface area contributed by atoms with Gasteiger partial charge in [-0.3, -0.25) is 4.79 Å². The predicted octanol–water partition coefficient (Wildman–Crippen LogP) is 2.42. The normalized spacial score (nSPS) is 13.0. The molecule has 0 heterocycles. The van der Waals surface area contributed by atoms with Crippen molar-refractivity contribution in [3.05, 3.63) is 28.5 Å². The highest BCUT2D eigenvalue weighted by Gasteiger charge is 2.21. The Kier molecular flexibility index (Phi) is 6.40. The maximum atomic E-state index is 13.6. The Bertz CT molecular complexity index is 636. The summed E-state index contributed by atoms with van der Waals surface area (Å²) < 4.78 is 41.0. The Morgan fingerprint density at radius 3 is 2.62 bits per heavy atom. The number of amides is 1. The fourth-order valence-corrected chi connectivity index (χ4v) is 2.54. The summed E-state index contributed by atoms with van der Waals surface area (Å²) in [4.78, 5) is 11.4. The number of carbonyl (C=O) groups excluding carboxylic acids is 1. The molecule has 1 rings (SSSR count). The molecule has 1 unspecified atom stereocenters. The average Bonchev–Trinajstić information content (AvgIpc) is 2.38. The van der Waals surface area contributed by atoms with Crippen LogP contribution < -0.4 is 5.32 Å². The van der Waals surface area contributed by atoms with Crippen molar-refractivity contribution in [2.45, 2.75) is 11.8 Å². The Balaban J connectivity index is 3.01. The quantitative estimate of drug-likeness (QED) is 0.793. The zero-order valence-corrected chi connectivity index (χ0v) is 13.6. The van der Waals surface area contributed by atoms with E-state index in [0.717, 1.165) is 6.07 Å². The van der Waals surface area contributed by atoms with Gasteiger partial charge in [0.15, 0.2) is 0 Å². The van der Waals surface area contributed by atoms with Crippen LogP contribution in [0, 0.1) is 11.7 Å². The fourth-order valence-electron chi connectivity index (χ4n) is 1.58. The highest BCUT2D eigenvalue weighted by Crippen LogP contribution is 2.26. The molecule has 1 aromatic rings. The van der Waals surface area contributed by atoms with Gasteiger partial charge in [-0.1, -0.05) is 18.5 Å². The van der Waals surface area contributed by atoms with E-state index in [9.17, 15) is 17.6 Å². The molecule has 1 atom stereocenters. The molecule has 0 fully saturated rings. The van der Waals surface area contributed by atoms with Gasteiger partial charge in [0.1, 0.15) is 5.82 Å². The van der Waals surface area contributed by atoms with Crippen LogP contribution in [-0.4, -0.2) is 34.6 Å². The summed E-state index contributed by atoms with van der Waals surface area (Å²) in [6.07, 6.45) is 0. The van der Waals surface area contributed by atoms with Crippen molar-refractivity contribution in [2.75, 3.05) is 20.3 Å². The molecule has 1 amide bonds. The monoisotopic (exact) mass is 357 g/mol. The van der Waals surface area contributed by atoms with Gasteiger partial charge in [0.05, 0.1) is 22.1 Å². The number of hydrogen-bond acceptors (Lipinski definition) is 4. The predicted molar refractivity (Wildman–Crippen MR) is 77.8 cm³/mol. The van der Waals surface area contributed by atoms with Crippen LogP contribution in [0.5, 0.6) is 0 Å². The van der Waals surface area contributed by atoms with E-state index in [1.807, 2.05) is 6.92 Å². The molecule has 0 aliphatic carbocycles. The second kappa shape index (κ2) is 7.40. The van der Waals surface area contributed by atoms with Gasteiger partial charge in [-0.15, -0.1) is 0 Å². The van der Waals surface area contributed by atoms with Crippen molar-refractivity contribution in [3.8, 4) is 0 Å². The SMILES string of the molecule is COCC(C)CNC(=O)c1cc(S(=O)(=O)Cl)cc(F)c1Cl. The minimum atomic E-state index is -4.16. The first-order chi connectivity index (χ1) is 9.66. The molecule has 0 spiro atoms. The van der Waals surface area contributed by atoms with Crippen LogP contribution in [0.15, 0.2) is 17.0 Å². The smallest absolute Gasteiger partial charge is 0.261 e. The first-order valence-electron chi connectivity index (χ1n) is 5.87. The molecule has 21 heavy (non-hydrogen) atoms. The van der Waals surface area contributed by atoms with Gasteiger partial charge in [0, 0.05) is 24.3 Å². The second-order valence-electron chi connectivity index (χ2n) is 4.48. The Morgan fingerprint density at radius 2 is 2.10 bits per heavy atom. The lowest BCUT2D eigenvalue weighted by molar-refractivity contribution is 0.0933. The van der Waals surface area contributed by atoms with Gasteiger partial charge in [-0.2, -0.15) is 0 Å². The van der Waals surface area contributed by atoms with Gasteiger partial charge in [0.25, 0.3) is 15.0 Å². The number of ether oxygens (including phenoxy) is 1. The molecule has 0 aromatic heterocycles. The van der Waals surface area contributed by atoms with Crippen LogP contribution >= 0.6 is 22.3 Å². The maximum Gasteiger partial charge on any atom is 0.261 e. The lowest BCUT2D eigenvalue weighted by Gasteiger charge is -2.12. The van der Waals surface area contributed by atoms with E-state index in [1.54, 1.807) is 0 Å². The number of hydrogen-bond donors (Lipinski definition) is 1. The van der Waals surface area contributed by atoms with Gasteiger partial charge in [-0.05, 0) is 18.1 Å². The summed E-state index contributed by atoms with van der Waals surface area (Å²) >= 11 is 5.69. The van der Waals surface area contributed by atoms with Crippen molar-refractivity contribution in [3.63, 3.8) is 0 Å². The van der Waals surface area contributed by atoms with Crippen molar-refractivity contribution < 1.29 is 22.3 Å². The summed E-state index contributed by atoms with van der Waals surface area (Å²) in [5.74, 6) is -1.69. The third kappa shape index (κ3) is 5.10. The lowest BCUT2D eigenvalue weighted by Crippen LogP contribution is -2.30. The molecule has 1 aromatic carbocycles. The minimum Gasteiger partial charge on any atom is -0.384 e. The first-order valence-corrected chi connectivity index (χ1v) is 8.56. The maximum absolute atomic E-state index is 13.6. The van der Waals surface area contributed by atoms with Crippen LogP contribution in [0.25, 0.3) is 0 Å². The summed E-state index contributed by atoms with van der Waals surface area (Å²) in [6.45, 7) is 2.53. The zero-order valence-electron chi connectivity index (χ0n) is 11.3. The van der Waals surface area contributed by atoms with E-state index in [2.05, 4.69) is 5.32 Å². The summed E-state index contributed by atoms with van der Waals surface area (Å²) in [6, 6.07) is 1.60. The van der Waals surface area contributed by atoms with Crippen LogP contribution in [0.4, 0.5) is 4.39 Å². The molecule has 0 aliphatic heterocycles. The molecule has 1 N–H and O–H groups in total. The Hall–Kier alpha value is -0.890. The molecule has 0 radical (unpaired) electrons. The largest absolute Gasteiger partial charge is 0.384 e. The van der Waals surface area contributed by atoms with E-state index in [-0.39, 0.29) is 18.0 Å². The molecule has 118 valence electrons. The highest BCUT2D eigenvalue weighted by atomic mass is 35.7. The summed E-state index contributed by atoms with van der Waals surface area (Å²) in [5, 5.41) is 2.06. The van der Waals surface area contributed by atoms with Crippen molar-refractivity contribution in [1.29, 1.82) is 0 Å². The molecule has 5 nitrogen and oxygen atoms in total. The number of methoxy groups -OCH3 is 1. The van der Waals surface area contributed by atoms with Gasteiger partial charge >= 0.3 is 0 Å². The van der Waals surface area contributed by atoms with Crippen LogP contribution in [0.1, 0.15) is 17.3 Å². The Morgan fingerprint density at radius 1 is 1.48 bits per heavy atom. The zero-order chi connectivity index (χ0) is 16.2. The number of nitrogens with one attached hydrogen (secondary N) is 1. The number of carbonyl (C=O) groups is 1. The third-order valence-electron chi connectivity index (χ3n) is 2.59. The topological polar surface area (TPSA) is 72.5 Å². The first kappa shape index (κ1) is 18.2. The second-order valence-corrected chi connectivity index (χ2v) is 7.42. The molecule has 0 saturated heterocycles. The van der Waals surface area contributed by atoms with Gasteiger partial charge in [0.2, 0.25) is 0 Å². The molecular weight excluding hydrogens is 344 g/mol. The highest BCUT2D eigenvalue weighted by molar-refractivity contribution is 8.13. The molecule has 0 aliphatic rings. The Labute approximate surface area is 131 Å². The molecule has 0 saturated carbocycles. The molecule has 9 heteroatoms. The lowest BCUT2D eigenvalue weighted by atomic mass is 10.1. The summed E-state index contributed by atoms with van der Waals surface area (Å²) in [5.41, 5.74) is -0.291. The molecule has 0 bridgehead atoms. The van der Waals surface area contributed by atoms with Crippen LogP contribution in [-0.2, 0) is 13.8 Å². The standard InChI is InChI=1S/C12H14Cl2FNO4S/c1-7(6-20-2)5-16-12(17)9-3-8(21(14,18)19)4-10(15)11(9)13/h3-4,7H,5-6H2,1-2H3,(H,16,17). The summed E-state index contributed by atoms with van der Waals surface area (Å²) in [7, 11) is 2.51. The van der Waals surface area contributed by atoms with Crippen molar-refractivity contribution in [2.24, 2.45) is 5.92 Å². The number of halogens is 3. The molecular formula is C12H14Cl2FNO4S. The van der Waals surface area contributed by atoms with E-state index in [1.165, 1.54) is 7.11 Å². The van der Waals surface area contributed by atoms with E-state index in [0.29, 0.717) is 12.7 Å². The van der Waals surface area contributed by atoms with Crippen molar-refractivity contribution in [1.82, 2.24) is 5.32 Å². The van der Waals surface area contributed by atoms with Crippen LogP contribution in [0.3, 0.4) is 0 Å².